The Kier molecular flexibility index (Phi) is 3.69. The van der Waals surface area contributed by atoms with Gasteiger partial charge in [0.25, 0.3) is 0 Å². The average Bonchev–Trinajstić information content (AvgIpc) is 2.81. The third-order valence-corrected chi connectivity index (χ3v) is 4.04. The molecule has 0 spiro atoms. The van der Waals surface area contributed by atoms with Crippen LogP contribution >= 0.6 is 27.5 Å². The lowest BCUT2D eigenvalue weighted by Gasteiger charge is -2.06. The summed E-state index contributed by atoms with van der Waals surface area (Å²) in [5.74, 6) is 0.236. The normalized spacial score (nSPS) is 10.8. The molecule has 6 heteroatoms. The van der Waals surface area contributed by atoms with Crippen molar-refractivity contribution in [1.29, 1.82) is 0 Å². The summed E-state index contributed by atoms with van der Waals surface area (Å²) >= 11 is 9.56. The molecule has 106 valence electrons. The van der Waals surface area contributed by atoms with Gasteiger partial charge in [0.15, 0.2) is 11.6 Å². The maximum atomic E-state index is 13.2. The Morgan fingerprint density at radius 3 is 2.62 bits per heavy atom. The van der Waals surface area contributed by atoms with Gasteiger partial charge in [0.05, 0.1) is 10.6 Å². The standard InChI is InChI=1S/C15H9BrClFN2O/c16-11-4-2-1-3-9(11)13-14(21-20-15(13)19)10-6-5-8(18)7-12(10)17/h1-7H,(H2,19,20). The highest BCUT2D eigenvalue weighted by Crippen LogP contribution is 2.41. The summed E-state index contributed by atoms with van der Waals surface area (Å²) in [5, 5.41) is 4.04. The monoisotopic (exact) mass is 366 g/mol. The van der Waals surface area contributed by atoms with Gasteiger partial charge in [0.2, 0.25) is 0 Å². The zero-order valence-corrected chi connectivity index (χ0v) is 13.0. The van der Waals surface area contributed by atoms with E-state index in [0.717, 1.165) is 10.0 Å². The number of nitrogens with two attached hydrogens (primary N) is 1. The molecule has 3 rings (SSSR count). The molecule has 2 aromatic carbocycles. The molecule has 0 unspecified atom stereocenters. The molecule has 3 nitrogen and oxygen atoms in total. The molecule has 1 heterocycles. The molecule has 0 atom stereocenters. The smallest absolute Gasteiger partial charge is 0.178 e. The highest BCUT2D eigenvalue weighted by atomic mass is 79.9. The van der Waals surface area contributed by atoms with Crippen molar-refractivity contribution in [3.05, 3.63) is 57.8 Å². The second kappa shape index (κ2) is 5.50. The quantitative estimate of drug-likeness (QED) is 0.682. The fourth-order valence-electron chi connectivity index (χ4n) is 2.08. The van der Waals surface area contributed by atoms with Crippen LogP contribution in [0.2, 0.25) is 5.02 Å². The lowest BCUT2D eigenvalue weighted by atomic mass is 10.0. The Morgan fingerprint density at radius 1 is 1.14 bits per heavy atom. The number of hydrogen-bond donors (Lipinski definition) is 1. The van der Waals surface area contributed by atoms with Crippen LogP contribution in [-0.4, -0.2) is 5.16 Å². The Labute approximate surface area is 133 Å². The highest BCUT2D eigenvalue weighted by molar-refractivity contribution is 9.10. The zero-order valence-electron chi connectivity index (χ0n) is 10.6. The van der Waals surface area contributed by atoms with E-state index in [2.05, 4.69) is 21.1 Å². The number of benzene rings is 2. The minimum atomic E-state index is -0.418. The predicted molar refractivity (Wildman–Crippen MR) is 84.5 cm³/mol. The summed E-state index contributed by atoms with van der Waals surface area (Å²) < 4.78 is 19.3. The van der Waals surface area contributed by atoms with Crippen LogP contribution in [-0.2, 0) is 0 Å². The van der Waals surface area contributed by atoms with Gasteiger partial charge >= 0.3 is 0 Å². The number of hydrogen-bond acceptors (Lipinski definition) is 3. The first-order valence-corrected chi connectivity index (χ1v) is 7.20. The van der Waals surface area contributed by atoms with Crippen LogP contribution in [0.1, 0.15) is 0 Å². The summed E-state index contributed by atoms with van der Waals surface area (Å²) in [7, 11) is 0. The molecule has 0 aliphatic rings. The minimum Gasteiger partial charge on any atom is -0.380 e. The molecule has 21 heavy (non-hydrogen) atoms. The lowest BCUT2D eigenvalue weighted by molar-refractivity contribution is 0.436. The van der Waals surface area contributed by atoms with E-state index in [-0.39, 0.29) is 10.8 Å². The average molecular weight is 368 g/mol. The summed E-state index contributed by atoms with van der Waals surface area (Å²) in [6.45, 7) is 0. The van der Waals surface area contributed by atoms with E-state index in [9.17, 15) is 4.39 Å². The summed E-state index contributed by atoms with van der Waals surface area (Å²) in [4.78, 5) is 0. The fourth-order valence-corrected chi connectivity index (χ4v) is 2.82. The van der Waals surface area contributed by atoms with Crippen molar-refractivity contribution in [2.75, 3.05) is 5.73 Å². The predicted octanol–water partition coefficient (Wildman–Crippen LogP) is 5.15. The van der Waals surface area contributed by atoms with Crippen molar-refractivity contribution in [3.8, 4) is 22.5 Å². The van der Waals surface area contributed by atoms with Gasteiger partial charge in [-0.25, -0.2) is 4.39 Å². The van der Waals surface area contributed by atoms with Crippen LogP contribution in [0.3, 0.4) is 0 Å². The van der Waals surface area contributed by atoms with Gasteiger partial charge in [-0.2, -0.15) is 0 Å². The van der Waals surface area contributed by atoms with Crippen molar-refractivity contribution >= 4 is 33.3 Å². The highest BCUT2D eigenvalue weighted by Gasteiger charge is 2.21. The number of nitrogens with zero attached hydrogens (tertiary/aromatic N) is 1. The number of nitrogen functional groups attached to an aromatic ring is 1. The third kappa shape index (κ3) is 2.54. The van der Waals surface area contributed by atoms with E-state index < -0.39 is 5.82 Å². The van der Waals surface area contributed by atoms with Crippen LogP contribution in [0.5, 0.6) is 0 Å². The van der Waals surface area contributed by atoms with E-state index >= 15 is 0 Å². The molecule has 2 N–H and O–H groups in total. The first-order valence-electron chi connectivity index (χ1n) is 6.03. The Hall–Kier alpha value is -1.85. The van der Waals surface area contributed by atoms with E-state index in [1.807, 2.05) is 24.3 Å². The van der Waals surface area contributed by atoms with Crippen molar-refractivity contribution < 1.29 is 8.91 Å². The second-order valence-electron chi connectivity index (χ2n) is 4.38. The summed E-state index contributed by atoms with van der Waals surface area (Å²) in [6, 6.07) is 11.6. The molecule has 0 fully saturated rings. The molecule has 0 aliphatic carbocycles. The molecule has 0 saturated carbocycles. The van der Waals surface area contributed by atoms with Crippen molar-refractivity contribution in [1.82, 2.24) is 5.16 Å². The first-order chi connectivity index (χ1) is 10.1. The van der Waals surface area contributed by atoms with E-state index in [1.54, 1.807) is 0 Å². The van der Waals surface area contributed by atoms with Gasteiger partial charge in [0.1, 0.15) is 5.82 Å². The van der Waals surface area contributed by atoms with Crippen LogP contribution in [0.15, 0.2) is 51.5 Å². The van der Waals surface area contributed by atoms with Gasteiger partial charge in [-0.05, 0) is 24.3 Å². The molecule has 0 amide bonds. The van der Waals surface area contributed by atoms with Crippen molar-refractivity contribution in [3.63, 3.8) is 0 Å². The Morgan fingerprint density at radius 2 is 1.90 bits per heavy atom. The second-order valence-corrected chi connectivity index (χ2v) is 5.64. The molecule has 0 radical (unpaired) electrons. The van der Waals surface area contributed by atoms with E-state index in [4.69, 9.17) is 21.9 Å². The molecular weight excluding hydrogens is 359 g/mol. The minimum absolute atomic E-state index is 0.236. The lowest BCUT2D eigenvalue weighted by Crippen LogP contribution is -1.90. The van der Waals surface area contributed by atoms with Gasteiger partial charge in [-0.1, -0.05) is 50.9 Å². The van der Waals surface area contributed by atoms with Crippen LogP contribution in [0.4, 0.5) is 10.2 Å². The molecule has 3 aromatic rings. The molecule has 1 aromatic heterocycles. The topological polar surface area (TPSA) is 52.0 Å². The SMILES string of the molecule is Nc1noc(-c2ccc(F)cc2Cl)c1-c1ccccc1Br. The van der Waals surface area contributed by atoms with Gasteiger partial charge in [-0.15, -0.1) is 0 Å². The number of halogens is 3. The summed E-state index contributed by atoms with van der Waals surface area (Å²) in [6.07, 6.45) is 0. The van der Waals surface area contributed by atoms with Gasteiger partial charge in [0, 0.05) is 15.6 Å². The van der Waals surface area contributed by atoms with E-state index in [1.165, 1.54) is 18.2 Å². The molecule has 0 saturated heterocycles. The van der Waals surface area contributed by atoms with Crippen LogP contribution < -0.4 is 5.73 Å². The van der Waals surface area contributed by atoms with E-state index in [0.29, 0.717) is 16.9 Å². The van der Waals surface area contributed by atoms with Crippen molar-refractivity contribution in [2.24, 2.45) is 0 Å². The van der Waals surface area contributed by atoms with Crippen LogP contribution in [0.25, 0.3) is 22.5 Å². The first kappa shape index (κ1) is 14.1. The number of aromatic nitrogens is 1. The third-order valence-electron chi connectivity index (χ3n) is 3.04. The maximum absolute atomic E-state index is 13.2. The zero-order chi connectivity index (χ0) is 15.0. The van der Waals surface area contributed by atoms with Crippen molar-refractivity contribution in [2.45, 2.75) is 0 Å². The largest absolute Gasteiger partial charge is 0.380 e. The number of rotatable bonds is 2. The Balaban J connectivity index is 2.25. The molecule has 0 bridgehead atoms. The fraction of sp³-hybridized carbons (Fsp3) is 0. The summed E-state index contributed by atoms with van der Waals surface area (Å²) in [5.41, 5.74) is 7.90. The molecular formula is C15H9BrClFN2O. The number of anilines is 1. The Bertz CT molecular complexity index is 819. The molecule has 0 aliphatic heterocycles. The van der Waals surface area contributed by atoms with Gasteiger partial charge in [-0.3, -0.25) is 0 Å². The van der Waals surface area contributed by atoms with Gasteiger partial charge < -0.3 is 10.3 Å². The maximum Gasteiger partial charge on any atom is 0.178 e. The van der Waals surface area contributed by atoms with Crippen LogP contribution in [0, 0.1) is 5.82 Å².